The highest BCUT2D eigenvalue weighted by atomic mass is 32.2. The number of pyridine rings is 1. The normalized spacial score (nSPS) is 12.9. The summed E-state index contributed by atoms with van der Waals surface area (Å²) in [6.07, 6.45) is -1.71. The number of nitrogens with zero attached hydrogens (tertiary/aromatic N) is 2. The number of hydrogen-bond donors (Lipinski definition) is 1. The van der Waals surface area contributed by atoms with E-state index >= 15 is 0 Å². The topological polar surface area (TPSA) is 94.4 Å². The van der Waals surface area contributed by atoms with E-state index in [-0.39, 0.29) is 18.7 Å². The quantitative estimate of drug-likeness (QED) is 0.218. The molecule has 0 unspecified atom stereocenters. The van der Waals surface area contributed by atoms with Crippen LogP contribution in [0.4, 0.5) is 13.2 Å². The second-order valence-corrected chi connectivity index (χ2v) is 11.4. The molecule has 0 atom stereocenters. The Labute approximate surface area is 212 Å². The van der Waals surface area contributed by atoms with Crippen LogP contribution in [0.5, 0.6) is 5.75 Å². The van der Waals surface area contributed by atoms with Crippen molar-refractivity contribution >= 4 is 32.9 Å². The molecule has 1 aromatic carbocycles. The van der Waals surface area contributed by atoms with E-state index in [1.54, 1.807) is 35.7 Å². The number of fused-ring (bicyclic) bond motifs is 1. The maximum Gasteiger partial charge on any atom is 0.416 e. The number of nitrogens with one attached hydrogen (secondary N) is 1. The standard InChI is InChI=1S/C23H29F3N3O5S2/c1-15-19(13-35-14-22(2,3)33-10-11-34-36(5,30)31)29(9-8-20(15)32-4)21-27-17-7-6-16(23(24,25)26)12-18(17)28-21/h6-9,12H,10-11,13-14H2,1-5H3,(H,27,28)/q+1. The van der Waals surface area contributed by atoms with E-state index in [1.807, 2.05) is 20.8 Å². The second kappa shape index (κ2) is 11.0. The van der Waals surface area contributed by atoms with Gasteiger partial charge in [-0.15, -0.1) is 0 Å². The Kier molecular flexibility index (Phi) is 8.59. The van der Waals surface area contributed by atoms with Crippen molar-refractivity contribution in [3.05, 3.63) is 47.3 Å². The average Bonchev–Trinajstić information content (AvgIpc) is 3.19. The van der Waals surface area contributed by atoms with Crippen molar-refractivity contribution < 1.29 is 39.8 Å². The molecule has 3 rings (SSSR count). The van der Waals surface area contributed by atoms with E-state index in [9.17, 15) is 21.6 Å². The lowest BCUT2D eigenvalue weighted by molar-refractivity contribution is -0.610. The molecular formula is C23H29F3N3O5S2+. The van der Waals surface area contributed by atoms with Crippen LogP contribution in [0, 0.1) is 6.92 Å². The third kappa shape index (κ3) is 7.34. The van der Waals surface area contributed by atoms with Crippen LogP contribution in [0.3, 0.4) is 0 Å². The fourth-order valence-corrected chi connectivity index (χ4v) is 5.10. The summed E-state index contributed by atoms with van der Waals surface area (Å²) in [5.41, 5.74) is 1.10. The molecule has 1 N–H and O–H groups in total. The highest BCUT2D eigenvalue weighted by Gasteiger charge is 2.32. The van der Waals surface area contributed by atoms with E-state index in [1.165, 1.54) is 6.07 Å². The third-order valence-electron chi connectivity index (χ3n) is 5.28. The summed E-state index contributed by atoms with van der Waals surface area (Å²) >= 11 is 1.58. The molecule has 0 bridgehead atoms. The van der Waals surface area contributed by atoms with E-state index in [2.05, 4.69) is 9.97 Å². The Bertz CT molecular complexity index is 1320. The van der Waals surface area contributed by atoms with Gasteiger partial charge < -0.3 is 9.47 Å². The van der Waals surface area contributed by atoms with Crippen molar-refractivity contribution in [1.82, 2.24) is 9.97 Å². The van der Waals surface area contributed by atoms with Crippen LogP contribution >= 0.6 is 11.8 Å². The van der Waals surface area contributed by atoms with E-state index in [4.69, 9.17) is 13.7 Å². The van der Waals surface area contributed by atoms with Crippen LogP contribution in [0.2, 0.25) is 0 Å². The van der Waals surface area contributed by atoms with E-state index in [0.717, 1.165) is 29.6 Å². The monoisotopic (exact) mass is 548 g/mol. The molecule has 0 saturated heterocycles. The summed E-state index contributed by atoms with van der Waals surface area (Å²) in [6, 6.07) is 5.18. The van der Waals surface area contributed by atoms with E-state index < -0.39 is 27.5 Å². The summed E-state index contributed by atoms with van der Waals surface area (Å²) in [4.78, 5) is 7.51. The minimum Gasteiger partial charge on any atom is -0.496 e. The minimum atomic E-state index is -4.45. The molecular weight excluding hydrogens is 519 g/mol. The summed E-state index contributed by atoms with van der Waals surface area (Å²) in [6.45, 7) is 5.75. The van der Waals surface area contributed by atoms with Gasteiger partial charge >= 0.3 is 12.1 Å². The van der Waals surface area contributed by atoms with Crippen molar-refractivity contribution in [3.8, 4) is 11.7 Å². The van der Waals surface area contributed by atoms with Gasteiger partial charge in [-0.1, -0.05) is 4.98 Å². The van der Waals surface area contributed by atoms with Crippen LogP contribution < -0.4 is 9.30 Å². The number of ether oxygens (including phenoxy) is 2. The SMILES string of the molecule is COc1cc[n+](-c2nc3cc(C(F)(F)F)ccc3[nH]2)c(CSCC(C)(C)OCCOS(C)(=O)=O)c1C. The number of imidazole rings is 1. The molecule has 0 spiro atoms. The number of H-pyrrole nitrogens is 1. The van der Waals surface area contributed by atoms with Gasteiger partial charge in [0.05, 0.1) is 43.9 Å². The summed E-state index contributed by atoms with van der Waals surface area (Å²) in [7, 11) is -1.95. The van der Waals surface area contributed by atoms with Gasteiger partial charge in [-0.3, -0.25) is 4.18 Å². The largest absolute Gasteiger partial charge is 0.496 e. The van der Waals surface area contributed by atoms with Gasteiger partial charge in [0.25, 0.3) is 10.1 Å². The Morgan fingerprint density at radius 2 is 1.89 bits per heavy atom. The molecule has 13 heteroatoms. The lowest BCUT2D eigenvalue weighted by atomic mass is 10.2. The van der Waals surface area contributed by atoms with Crippen LogP contribution in [-0.4, -0.2) is 56.3 Å². The Hall–Kier alpha value is -2.35. The number of benzene rings is 1. The van der Waals surface area contributed by atoms with Gasteiger partial charge in [-0.25, -0.2) is 9.55 Å². The molecule has 0 aliphatic heterocycles. The number of alkyl halides is 3. The molecule has 3 aromatic rings. The van der Waals surface area contributed by atoms with Gasteiger partial charge in [0.1, 0.15) is 17.0 Å². The lowest BCUT2D eigenvalue weighted by Crippen LogP contribution is -2.38. The summed E-state index contributed by atoms with van der Waals surface area (Å²) in [5, 5.41) is 0. The first-order chi connectivity index (χ1) is 16.7. The lowest BCUT2D eigenvalue weighted by Gasteiger charge is -2.25. The van der Waals surface area contributed by atoms with Gasteiger partial charge in [0, 0.05) is 23.1 Å². The molecule has 0 amide bonds. The highest BCUT2D eigenvalue weighted by Crippen LogP contribution is 2.31. The first kappa shape index (κ1) is 28.2. The maximum absolute atomic E-state index is 13.1. The summed E-state index contributed by atoms with van der Waals surface area (Å²) < 4.78 is 79.3. The maximum atomic E-state index is 13.1. The molecule has 8 nitrogen and oxygen atoms in total. The second-order valence-electron chi connectivity index (χ2n) is 8.74. The van der Waals surface area contributed by atoms with Crippen LogP contribution in [-0.2, 0) is 31.0 Å². The van der Waals surface area contributed by atoms with Crippen LogP contribution in [0.1, 0.15) is 30.7 Å². The number of rotatable bonds is 11. The molecule has 36 heavy (non-hydrogen) atoms. The number of thioether (sulfide) groups is 1. The third-order valence-corrected chi connectivity index (χ3v) is 7.25. The van der Waals surface area contributed by atoms with Crippen LogP contribution in [0.15, 0.2) is 30.5 Å². The van der Waals surface area contributed by atoms with Gasteiger partial charge in [0.15, 0.2) is 5.52 Å². The molecule has 0 aliphatic rings. The Morgan fingerprint density at radius 1 is 1.17 bits per heavy atom. The highest BCUT2D eigenvalue weighted by molar-refractivity contribution is 7.98. The Morgan fingerprint density at radius 3 is 2.53 bits per heavy atom. The fraction of sp³-hybridized carbons (Fsp3) is 0.478. The number of aromatic amines is 1. The molecule has 2 heterocycles. The molecule has 0 radical (unpaired) electrons. The average molecular weight is 549 g/mol. The van der Waals surface area contributed by atoms with Crippen molar-refractivity contribution in [2.75, 3.05) is 32.3 Å². The molecule has 0 aliphatic carbocycles. The van der Waals surface area contributed by atoms with Crippen molar-refractivity contribution in [1.29, 1.82) is 0 Å². The number of methoxy groups -OCH3 is 1. The molecule has 198 valence electrons. The molecule has 0 saturated carbocycles. The van der Waals surface area contributed by atoms with Crippen LogP contribution in [0.25, 0.3) is 17.0 Å². The predicted molar refractivity (Wildman–Crippen MR) is 131 cm³/mol. The fourth-order valence-electron chi connectivity index (χ4n) is 3.50. The van der Waals surface area contributed by atoms with Gasteiger partial charge in [-0.05, 0) is 39.0 Å². The van der Waals surface area contributed by atoms with Crippen molar-refractivity contribution in [3.63, 3.8) is 0 Å². The minimum absolute atomic E-state index is 0.0654. The molecule has 0 fully saturated rings. The van der Waals surface area contributed by atoms with Crippen molar-refractivity contribution in [2.45, 2.75) is 38.3 Å². The zero-order valence-electron chi connectivity index (χ0n) is 20.6. The molecule has 2 aromatic heterocycles. The summed E-state index contributed by atoms with van der Waals surface area (Å²) in [5.74, 6) is 2.17. The predicted octanol–water partition coefficient (Wildman–Crippen LogP) is 4.18. The number of halogens is 3. The number of aromatic nitrogens is 3. The smallest absolute Gasteiger partial charge is 0.416 e. The van der Waals surface area contributed by atoms with Gasteiger partial charge in [0.2, 0.25) is 0 Å². The van der Waals surface area contributed by atoms with Gasteiger partial charge in [-0.2, -0.15) is 33.4 Å². The number of hydrogen-bond acceptors (Lipinski definition) is 7. The first-order valence-electron chi connectivity index (χ1n) is 10.9. The zero-order chi connectivity index (χ0) is 26.7. The van der Waals surface area contributed by atoms with Crippen molar-refractivity contribution in [2.24, 2.45) is 0 Å². The first-order valence-corrected chi connectivity index (χ1v) is 13.9. The van der Waals surface area contributed by atoms with E-state index in [0.29, 0.717) is 28.7 Å². The Balaban J connectivity index is 1.80. The zero-order valence-corrected chi connectivity index (χ0v) is 22.2.